The molecular weight excluding hydrogens is 356 g/mol. The van der Waals surface area contributed by atoms with Gasteiger partial charge in [-0.15, -0.1) is 0 Å². The second-order valence-corrected chi connectivity index (χ2v) is 8.93. The Kier molecular flexibility index (Phi) is 5.88. The molecule has 0 bridgehead atoms. The second kappa shape index (κ2) is 8.12. The zero-order valence-corrected chi connectivity index (χ0v) is 15.6. The van der Waals surface area contributed by atoms with Crippen LogP contribution in [0.1, 0.15) is 17.5 Å². The molecule has 0 spiro atoms. The van der Waals surface area contributed by atoms with Crippen LogP contribution in [-0.2, 0) is 27.0 Å². The van der Waals surface area contributed by atoms with Gasteiger partial charge in [0.2, 0.25) is 15.9 Å². The van der Waals surface area contributed by atoms with Crippen LogP contribution in [0.2, 0.25) is 0 Å². The predicted molar refractivity (Wildman–Crippen MR) is 99.9 cm³/mol. The van der Waals surface area contributed by atoms with E-state index >= 15 is 0 Å². The van der Waals surface area contributed by atoms with Crippen molar-refractivity contribution >= 4 is 27.3 Å². The van der Waals surface area contributed by atoms with Gasteiger partial charge in [0.15, 0.2) is 0 Å². The van der Waals surface area contributed by atoms with Crippen molar-refractivity contribution in [1.82, 2.24) is 9.21 Å². The first kappa shape index (κ1) is 18.1. The van der Waals surface area contributed by atoms with Crippen LogP contribution in [0.25, 0.3) is 0 Å². The number of hydrogen-bond acceptors (Lipinski definition) is 4. The minimum atomic E-state index is -3.36. The summed E-state index contributed by atoms with van der Waals surface area (Å²) in [7, 11) is -3.36. The maximum Gasteiger partial charge on any atom is 0.227 e. The molecule has 1 saturated heterocycles. The monoisotopic (exact) mass is 378 g/mol. The Bertz CT molecular complexity index is 789. The van der Waals surface area contributed by atoms with Crippen molar-refractivity contribution in [1.29, 1.82) is 0 Å². The molecule has 0 N–H and O–H groups in total. The third-order valence-electron chi connectivity index (χ3n) is 4.33. The fraction of sp³-hybridized carbons (Fsp3) is 0.389. The topological polar surface area (TPSA) is 57.7 Å². The number of sulfonamides is 1. The molecule has 1 amide bonds. The highest BCUT2D eigenvalue weighted by molar-refractivity contribution is 7.88. The maximum absolute atomic E-state index is 12.7. The summed E-state index contributed by atoms with van der Waals surface area (Å²) in [5.74, 6) is 0.0807. The van der Waals surface area contributed by atoms with E-state index in [4.69, 9.17) is 0 Å². The van der Waals surface area contributed by atoms with E-state index < -0.39 is 10.0 Å². The molecule has 1 fully saturated rings. The summed E-state index contributed by atoms with van der Waals surface area (Å²) in [6.45, 7) is 1.90. The lowest BCUT2D eigenvalue weighted by Crippen LogP contribution is -2.38. The van der Waals surface area contributed by atoms with Gasteiger partial charge in [0, 0.05) is 26.2 Å². The molecule has 0 atom stereocenters. The van der Waals surface area contributed by atoms with Gasteiger partial charge in [0.25, 0.3) is 0 Å². The second-order valence-electron chi connectivity index (χ2n) is 6.18. The summed E-state index contributed by atoms with van der Waals surface area (Å²) in [6.07, 6.45) is 1.06. The van der Waals surface area contributed by atoms with E-state index in [9.17, 15) is 13.2 Å². The molecule has 3 rings (SSSR count). The smallest absolute Gasteiger partial charge is 0.227 e. The number of carbonyl (C=O) groups excluding carboxylic acids is 1. The van der Waals surface area contributed by atoms with Gasteiger partial charge in [0.1, 0.15) is 0 Å². The van der Waals surface area contributed by atoms with Crippen molar-refractivity contribution < 1.29 is 13.2 Å². The summed E-state index contributed by atoms with van der Waals surface area (Å²) in [6, 6.07) is 11.2. The number of hydrogen-bond donors (Lipinski definition) is 0. The number of amides is 1. The normalized spacial score (nSPS) is 16.6. The molecule has 7 heteroatoms. The van der Waals surface area contributed by atoms with E-state index in [1.807, 2.05) is 47.2 Å². The van der Waals surface area contributed by atoms with Crippen LogP contribution in [-0.4, -0.2) is 49.7 Å². The van der Waals surface area contributed by atoms with Gasteiger partial charge in [-0.2, -0.15) is 15.6 Å². The highest BCUT2D eigenvalue weighted by Crippen LogP contribution is 2.15. The van der Waals surface area contributed by atoms with Crippen molar-refractivity contribution in [2.75, 3.05) is 26.2 Å². The molecule has 25 heavy (non-hydrogen) atoms. The van der Waals surface area contributed by atoms with Crippen LogP contribution < -0.4 is 0 Å². The number of thiophene rings is 1. The van der Waals surface area contributed by atoms with E-state index in [0.29, 0.717) is 39.0 Å². The molecule has 0 aliphatic carbocycles. The summed E-state index contributed by atoms with van der Waals surface area (Å²) >= 11 is 1.58. The molecule has 2 heterocycles. The Hall–Kier alpha value is -1.70. The van der Waals surface area contributed by atoms with Crippen LogP contribution in [0, 0.1) is 0 Å². The van der Waals surface area contributed by atoms with Gasteiger partial charge in [-0.25, -0.2) is 8.42 Å². The molecule has 0 saturated carbocycles. The average Bonchev–Trinajstić information content (AvgIpc) is 2.95. The molecule has 0 radical (unpaired) electrons. The molecule has 1 aliphatic rings. The minimum Gasteiger partial charge on any atom is -0.341 e. The van der Waals surface area contributed by atoms with Gasteiger partial charge < -0.3 is 4.90 Å². The number of benzene rings is 1. The van der Waals surface area contributed by atoms with E-state index in [0.717, 1.165) is 11.1 Å². The van der Waals surface area contributed by atoms with Gasteiger partial charge in [0.05, 0.1) is 12.2 Å². The molecular formula is C18H22N2O3S2. The van der Waals surface area contributed by atoms with Gasteiger partial charge >= 0.3 is 0 Å². The van der Waals surface area contributed by atoms with E-state index in [1.165, 1.54) is 4.31 Å². The van der Waals surface area contributed by atoms with Crippen molar-refractivity contribution in [3.63, 3.8) is 0 Å². The maximum atomic E-state index is 12.7. The number of nitrogens with zero attached hydrogens (tertiary/aromatic N) is 2. The summed E-state index contributed by atoms with van der Waals surface area (Å²) in [5.41, 5.74) is 1.81. The zero-order chi connectivity index (χ0) is 17.7. The SMILES string of the molecule is O=C(Cc1ccsc1)N1CCCN(S(=O)(=O)Cc2ccccc2)CC1. The van der Waals surface area contributed by atoms with E-state index in [1.54, 1.807) is 16.2 Å². The van der Waals surface area contributed by atoms with Crippen molar-refractivity contribution in [3.8, 4) is 0 Å². The first-order valence-corrected chi connectivity index (χ1v) is 10.9. The molecule has 1 aromatic heterocycles. The standard InChI is InChI=1S/C18H22N2O3S2/c21-18(13-17-7-12-24-14-17)19-8-4-9-20(11-10-19)25(22,23)15-16-5-2-1-3-6-16/h1-3,5-7,12,14H,4,8-11,13,15H2. The Morgan fingerprint density at radius 3 is 2.52 bits per heavy atom. The zero-order valence-electron chi connectivity index (χ0n) is 14.0. The lowest BCUT2D eigenvalue weighted by atomic mass is 10.2. The first-order chi connectivity index (χ1) is 12.0. The van der Waals surface area contributed by atoms with Crippen LogP contribution in [0.15, 0.2) is 47.2 Å². The van der Waals surface area contributed by atoms with Crippen molar-refractivity contribution in [3.05, 3.63) is 58.3 Å². The molecule has 1 aromatic carbocycles. The lowest BCUT2D eigenvalue weighted by molar-refractivity contribution is -0.130. The van der Waals surface area contributed by atoms with Crippen LogP contribution in [0.5, 0.6) is 0 Å². The van der Waals surface area contributed by atoms with Gasteiger partial charge in [-0.1, -0.05) is 30.3 Å². The molecule has 1 aliphatic heterocycles. The Labute approximate surface area is 152 Å². The third kappa shape index (κ3) is 4.90. The van der Waals surface area contributed by atoms with E-state index in [-0.39, 0.29) is 11.7 Å². The third-order valence-corrected chi connectivity index (χ3v) is 6.91. The lowest BCUT2D eigenvalue weighted by Gasteiger charge is -2.22. The minimum absolute atomic E-state index is 0.0106. The fourth-order valence-electron chi connectivity index (χ4n) is 2.98. The molecule has 2 aromatic rings. The molecule has 5 nitrogen and oxygen atoms in total. The quantitative estimate of drug-likeness (QED) is 0.803. The van der Waals surface area contributed by atoms with E-state index in [2.05, 4.69) is 0 Å². The average molecular weight is 379 g/mol. The summed E-state index contributed by atoms with van der Waals surface area (Å²) < 4.78 is 26.9. The first-order valence-electron chi connectivity index (χ1n) is 8.35. The van der Waals surface area contributed by atoms with Crippen molar-refractivity contribution in [2.45, 2.75) is 18.6 Å². The highest BCUT2D eigenvalue weighted by atomic mass is 32.2. The Morgan fingerprint density at radius 2 is 1.80 bits per heavy atom. The molecule has 134 valence electrons. The van der Waals surface area contributed by atoms with Crippen LogP contribution in [0.3, 0.4) is 0 Å². The Balaban J connectivity index is 1.60. The highest BCUT2D eigenvalue weighted by Gasteiger charge is 2.27. The summed E-state index contributed by atoms with van der Waals surface area (Å²) in [4.78, 5) is 14.2. The number of carbonyl (C=O) groups is 1. The molecule has 0 unspecified atom stereocenters. The van der Waals surface area contributed by atoms with Gasteiger partial charge in [-0.3, -0.25) is 4.79 Å². The predicted octanol–water partition coefficient (Wildman–Crippen LogP) is 2.35. The largest absolute Gasteiger partial charge is 0.341 e. The number of rotatable bonds is 5. The van der Waals surface area contributed by atoms with Crippen molar-refractivity contribution in [2.24, 2.45) is 0 Å². The Morgan fingerprint density at radius 1 is 1.00 bits per heavy atom. The summed E-state index contributed by atoms with van der Waals surface area (Å²) in [5, 5.41) is 3.94. The van der Waals surface area contributed by atoms with Crippen LogP contribution in [0.4, 0.5) is 0 Å². The van der Waals surface area contributed by atoms with Gasteiger partial charge in [-0.05, 0) is 34.4 Å². The fourth-order valence-corrected chi connectivity index (χ4v) is 5.21. The van der Waals surface area contributed by atoms with Crippen LogP contribution >= 0.6 is 11.3 Å².